The van der Waals surface area contributed by atoms with Gasteiger partial charge >= 0.3 is 0 Å². The molecule has 0 bridgehead atoms. The van der Waals surface area contributed by atoms with Crippen LogP contribution in [-0.4, -0.2) is 9.52 Å². The van der Waals surface area contributed by atoms with E-state index >= 15 is 0 Å². The highest BCUT2D eigenvalue weighted by Gasteiger charge is 2.29. The zero-order valence-corrected chi connectivity index (χ0v) is 13.6. The summed E-state index contributed by atoms with van der Waals surface area (Å²) >= 11 is 5.54. The van der Waals surface area contributed by atoms with Gasteiger partial charge in [0.1, 0.15) is 0 Å². The summed E-state index contributed by atoms with van der Waals surface area (Å²) in [7, 11) is 0. The topological polar surface area (TPSA) is 37.3 Å². The lowest BCUT2D eigenvalue weighted by molar-refractivity contribution is 0.560. The number of benzene rings is 1. The van der Waals surface area contributed by atoms with Gasteiger partial charge in [0.15, 0.2) is 11.8 Å². The molecule has 1 aromatic carbocycles. The average molecular weight is 501 g/mol. The number of rotatable bonds is 3. The van der Waals surface area contributed by atoms with E-state index in [1.807, 2.05) is 69.4 Å². The summed E-state index contributed by atoms with van der Waals surface area (Å²) in [6, 6.07) is 7.76. The van der Waals surface area contributed by atoms with Crippen molar-refractivity contribution in [1.82, 2.24) is 0 Å². The number of hydrogen-bond donors (Lipinski definition) is 1. The minimum Gasteiger partial charge on any atom is -0.304 e. The molecular weight excluding hydrogens is 494 g/mol. The molecule has 1 aromatic rings. The highest BCUT2D eigenvalue weighted by molar-refractivity contribution is 14.2. The van der Waals surface area contributed by atoms with Crippen LogP contribution in [0.1, 0.15) is 5.56 Å². The molecule has 78 valence electrons. The Bertz CT molecular complexity index is 357. The SMILES string of the molecule is O=S(O)C(I)(I)Cc1cccc(Br)c1. The molecule has 1 unspecified atom stereocenters. The predicted molar refractivity (Wildman–Crippen MR) is 79.4 cm³/mol. The van der Waals surface area contributed by atoms with Gasteiger partial charge in [-0.1, -0.05) is 28.1 Å². The Morgan fingerprint density at radius 3 is 2.64 bits per heavy atom. The number of alkyl halides is 2. The lowest BCUT2D eigenvalue weighted by atomic mass is 10.2. The Labute approximate surface area is 121 Å². The highest BCUT2D eigenvalue weighted by Crippen LogP contribution is 2.34. The maximum Gasteiger partial charge on any atom is 0.179 e. The summed E-state index contributed by atoms with van der Waals surface area (Å²) in [6.45, 7) is 0. The Morgan fingerprint density at radius 2 is 2.14 bits per heavy atom. The van der Waals surface area contributed by atoms with E-state index in [9.17, 15) is 4.21 Å². The maximum atomic E-state index is 11.0. The van der Waals surface area contributed by atoms with Gasteiger partial charge in [-0.2, -0.15) is 0 Å². The molecule has 6 heteroatoms. The Hall–Kier alpha value is 1.27. The van der Waals surface area contributed by atoms with Crippen molar-refractivity contribution in [3.63, 3.8) is 0 Å². The number of halogens is 3. The van der Waals surface area contributed by atoms with Crippen LogP contribution in [0.5, 0.6) is 0 Å². The molecule has 0 fully saturated rings. The van der Waals surface area contributed by atoms with Crippen LogP contribution in [0.4, 0.5) is 0 Å². The first kappa shape index (κ1) is 13.3. The molecular formula is C8H7BrI2O2S. The molecule has 14 heavy (non-hydrogen) atoms. The van der Waals surface area contributed by atoms with E-state index < -0.39 is 11.8 Å². The van der Waals surface area contributed by atoms with Crippen molar-refractivity contribution in [2.75, 3.05) is 0 Å². The fourth-order valence-electron chi connectivity index (χ4n) is 0.946. The summed E-state index contributed by atoms with van der Waals surface area (Å²) in [5, 5.41) is 0. The molecule has 0 aliphatic heterocycles. The smallest absolute Gasteiger partial charge is 0.179 e. The van der Waals surface area contributed by atoms with Crippen molar-refractivity contribution in [3.05, 3.63) is 34.3 Å². The van der Waals surface area contributed by atoms with E-state index in [4.69, 9.17) is 4.55 Å². The van der Waals surface area contributed by atoms with E-state index in [0.29, 0.717) is 6.42 Å². The summed E-state index contributed by atoms with van der Waals surface area (Å²) < 4.78 is 20.4. The number of hydrogen-bond acceptors (Lipinski definition) is 1. The molecule has 2 nitrogen and oxygen atoms in total. The lowest BCUT2D eigenvalue weighted by Gasteiger charge is -2.15. The molecule has 0 heterocycles. The Morgan fingerprint density at radius 1 is 1.50 bits per heavy atom. The van der Waals surface area contributed by atoms with Gasteiger partial charge in [-0.05, 0) is 62.9 Å². The van der Waals surface area contributed by atoms with Crippen molar-refractivity contribution in [3.8, 4) is 0 Å². The second-order valence-electron chi connectivity index (χ2n) is 2.69. The van der Waals surface area contributed by atoms with Gasteiger partial charge in [-0.3, -0.25) is 0 Å². The zero-order chi connectivity index (χ0) is 10.8. The summed E-state index contributed by atoms with van der Waals surface area (Å²) in [6.07, 6.45) is 0.566. The summed E-state index contributed by atoms with van der Waals surface area (Å²) in [5.74, 6) is 0. The van der Waals surface area contributed by atoms with Crippen molar-refractivity contribution in [2.24, 2.45) is 0 Å². The molecule has 0 aliphatic rings. The monoisotopic (exact) mass is 500 g/mol. The quantitative estimate of drug-likeness (QED) is 0.390. The standard InChI is InChI=1S/C8H7BrI2O2S/c9-7-3-1-2-6(4-7)5-8(10,11)14(12)13/h1-4H,5H2,(H,12,13). The molecule has 1 N–H and O–H groups in total. The Kier molecular flexibility index (Phi) is 5.29. The molecule has 1 atom stereocenters. The minimum absolute atomic E-state index is 0.566. The first-order valence-electron chi connectivity index (χ1n) is 3.65. The van der Waals surface area contributed by atoms with Crippen LogP contribution < -0.4 is 0 Å². The molecule has 0 saturated carbocycles. The van der Waals surface area contributed by atoms with Crippen LogP contribution in [0, 0.1) is 0 Å². The van der Waals surface area contributed by atoms with E-state index in [-0.39, 0.29) is 0 Å². The van der Waals surface area contributed by atoms with Crippen molar-refractivity contribution < 1.29 is 8.76 Å². The van der Waals surface area contributed by atoms with Crippen molar-refractivity contribution in [2.45, 2.75) is 7.18 Å². The van der Waals surface area contributed by atoms with E-state index in [1.54, 1.807) is 0 Å². The summed E-state index contributed by atoms with van der Waals surface area (Å²) in [5.41, 5.74) is 1.05. The largest absolute Gasteiger partial charge is 0.304 e. The second-order valence-corrected chi connectivity index (χ2v) is 12.0. The molecule has 0 saturated heterocycles. The predicted octanol–water partition coefficient (Wildman–Crippen LogP) is 3.74. The molecule has 0 aliphatic carbocycles. The third-order valence-electron chi connectivity index (χ3n) is 1.55. The van der Waals surface area contributed by atoms with Gasteiger partial charge < -0.3 is 4.55 Å². The molecule has 0 radical (unpaired) electrons. The van der Waals surface area contributed by atoms with Gasteiger partial charge in [0.2, 0.25) is 0 Å². The van der Waals surface area contributed by atoms with E-state index in [1.165, 1.54) is 0 Å². The zero-order valence-electron chi connectivity index (χ0n) is 6.91. The molecule has 1 rings (SSSR count). The van der Waals surface area contributed by atoms with Gasteiger partial charge in [-0.25, -0.2) is 4.21 Å². The second kappa shape index (κ2) is 5.55. The highest BCUT2D eigenvalue weighted by atomic mass is 127. The van der Waals surface area contributed by atoms with Crippen molar-refractivity contribution >= 4 is 72.2 Å². The van der Waals surface area contributed by atoms with Crippen LogP contribution in [0.25, 0.3) is 0 Å². The molecule has 0 aromatic heterocycles. The Balaban J connectivity index is 2.83. The first-order chi connectivity index (χ1) is 6.42. The van der Waals surface area contributed by atoms with Crippen LogP contribution in [-0.2, 0) is 17.5 Å². The third-order valence-corrected chi connectivity index (χ3v) is 5.73. The minimum atomic E-state index is -1.82. The maximum absolute atomic E-state index is 11.0. The fraction of sp³-hybridized carbons (Fsp3) is 0.250. The summed E-state index contributed by atoms with van der Waals surface area (Å²) in [4.78, 5) is 0. The van der Waals surface area contributed by atoms with E-state index in [2.05, 4.69) is 15.9 Å². The van der Waals surface area contributed by atoms with Crippen LogP contribution in [0.2, 0.25) is 0 Å². The first-order valence-corrected chi connectivity index (χ1v) is 7.71. The van der Waals surface area contributed by atoms with E-state index in [0.717, 1.165) is 10.0 Å². The van der Waals surface area contributed by atoms with Gasteiger partial charge in [0.25, 0.3) is 0 Å². The molecule has 0 amide bonds. The normalized spacial score (nSPS) is 14.0. The molecule has 0 spiro atoms. The average Bonchev–Trinajstić information content (AvgIpc) is 2.02. The van der Waals surface area contributed by atoms with Gasteiger partial charge in [-0.15, -0.1) is 0 Å². The fourth-order valence-corrected chi connectivity index (χ4v) is 2.56. The van der Waals surface area contributed by atoms with Crippen molar-refractivity contribution in [1.29, 1.82) is 0 Å². The van der Waals surface area contributed by atoms with Gasteiger partial charge in [0, 0.05) is 10.9 Å². The van der Waals surface area contributed by atoms with Crippen LogP contribution in [0.15, 0.2) is 28.7 Å². The lowest BCUT2D eigenvalue weighted by Crippen LogP contribution is -2.20. The third kappa shape index (κ3) is 4.03. The van der Waals surface area contributed by atoms with Crippen LogP contribution in [0.3, 0.4) is 0 Å². The van der Waals surface area contributed by atoms with Crippen LogP contribution >= 0.6 is 61.1 Å². The van der Waals surface area contributed by atoms with Gasteiger partial charge in [0.05, 0.1) is 0 Å².